The van der Waals surface area contributed by atoms with Crippen molar-refractivity contribution in [3.05, 3.63) is 96.5 Å². The quantitative estimate of drug-likeness (QED) is 0.357. The minimum atomic E-state index is -0.633. The maximum absolute atomic E-state index is 12.6. The first kappa shape index (κ1) is 23.7. The molecule has 1 aromatic carbocycles. The van der Waals surface area contributed by atoms with Gasteiger partial charge in [0.05, 0.1) is 17.1 Å². The van der Waals surface area contributed by atoms with E-state index in [-0.39, 0.29) is 22.9 Å². The van der Waals surface area contributed by atoms with E-state index in [2.05, 4.69) is 55.4 Å². The van der Waals surface area contributed by atoms with Gasteiger partial charge in [-0.15, -0.1) is 4.52 Å². The van der Waals surface area contributed by atoms with Gasteiger partial charge in [0.15, 0.2) is 5.69 Å². The van der Waals surface area contributed by atoms with Gasteiger partial charge in [-0.25, -0.2) is 0 Å². The number of carbonyl (C=O) groups excluding carboxylic acids is 2. The highest BCUT2D eigenvalue weighted by Crippen LogP contribution is 2.52. The van der Waals surface area contributed by atoms with Gasteiger partial charge >= 0.3 is 0 Å². The third kappa shape index (κ3) is 4.06. The van der Waals surface area contributed by atoms with Gasteiger partial charge in [0.1, 0.15) is 17.9 Å². The van der Waals surface area contributed by atoms with Gasteiger partial charge < -0.3 is 10.2 Å². The third-order valence-corrected chi connectivity index (χ3v) is 7.30. The first-order chi connectivity index (χ1) is 18.4. The Morgan fingerprint density at radius 2 is 1.89 bits per heavy atom. The number of carbonyl (C=O) groups is 2. The number of aromatic nitrogens is 5. The topological polar surface area (TPSA) is 96.6 Å². The molecule has 190 valence electrons. The Morgan fingerprint density at radius 1 is 1.05 bits per heavy atom. The molecule has 4 heterocycles. The van der Waals surface area contributed by atoms with Crippen LogP contribution >= 0.6 is 0 Å². The van der Waals surface area contributed by atoms with Crippen LogP contribution in [0.25, 0.3) is 22.0 Å². The van der Waals surface area contributed by atoms with Gasteiger partial charge in [0.2, 0.25) is 12.1 Å². The molecule has 0 aliphatic heterocycles. The highest BCUT2D eigenvalue weighted by atomic mass is 16.2. The van der Waals surface area contributed by atoms with E-state index in [1.54, 1.807) is 33.3 Å². The van der Waals surface area contributed by atoms with Crippen LogP contribution in [0.5, 0.6) is 0 Å². The lowest BCUT2D eigenvalue weighted by Gasteiger charge is -2.17. The number of amides is 2. The van der Waals surface area contributed by atoms with Crippen molar-refractivity contribution in [2.24, 2.45) is 0 Å². The zero-order valence-corrected chi connectivity index (χ0v) is 21.5. The van der Waals surface area contributed by atoms with Crippen molar-refractivity contribution in [2.45, 2.75) is 31.2 Å². The SMILES string of the molecule is C[C@@H](NC(=O)c1ccc(-c2ccn3ncc(C4(c5ccc6ncccc6c5)CC4)[n+]3c2)cn1)C(=O)N(C)C. The summed E-state index contributed by atoms with van der Waals surface area (Å²) in [5.74, 6) is -0.561. The smallest absolute Gasteiger partial charge is 0.270 e. The third-order valence-electron chi connectivity index (χ3n) is 7.30. The molecule has 38 heavy (non-hydrogen) atoms. The second-order valence-corrected chi connectivity index (χ2v) is 10.0. The van der Waals surface area contributed by atoms with E-state index in [9.17, 15) is 9.59 Å². The number of fused-ring (bicyclic) bond motifs is 2. The molecule has 9 nitrogen and oxygen atoms in total. The molecule has 1 N–H and O–H groups in total. The second-order valence-electron chi connectivity index (χ2n) is 10.0. The van der Waals surface area contributed by atoms with E-state index in [4.69, 9.17) is 0 Å². The van der Waals surface area contributed by atoms with Gasteiger partial charge in [-0.1, -0.05) is 18.2 Å². The van der Waals surface area contributed by atoms with Crippen LogP contribution < -0.4 is 9.83 Å². The maximum Gasteiger partial charge on any atom is 0.270 e. The minimum Gasteiger partial charge on any atom is -0.347 e. The van der Waals surface area contributed by atoms with Crippen LogP contribution in [-0.4, -0.2) is 56.5 Å². The van der Waals surface area contributed by atoms with Crippen molar-refractivity contribution in [3.63, 3.8) is 0 Å². The minimum absolute atomic E-state index is 0.0873. The summed E-state index contributed by atoms with van der Waals surface area (Å²) in [6, 6.07) is 15.5. The molecular weight excluding hydrogens is 478 g/mol. The average Bonchev–Trinajstić information content (AvgIpc) is 3.64. The number of nitrogens with one attached hydrogen (secondary N) is 1. The van der Waals surface area contributed by atoms with Gasteiger partial charge in [-0.05, 0) is 60.3 Å². The van der Waals surface area contributed by atoms with Crippen LogP contribution in [0.3, 0.4) is 0 Å². The summed E-state index contributed by atoms with van der Waals surface area (Å²) in [7, 11) is 3.31. The Balaban J connectivity index is 1.29. The lowest BCUT2D eigenvalue weighted by molar-refractivity contribution is -0.631. The largest absolute Gasteiger partial charge is 0.347 e. The fourth-order valence-electron chi connectivity index (χ4n) is 5.02. The van der Waals surface area contributed by atoms with E-state index < -0.39 is 6.04 Å². The van der Waals surface area contributed by atoms with Gasteiger partial charge in [-0.3, -0.25) is 19.6 Å². The zero-order valence-electron chi connectivity index (χ0n) is 21.5. The molecule has 0 spiro atoms. The lowest BCUT2D eigenvalue weighted by atomic mass is 9.91. The summed E-state index contributed by atoms with van der Waals surface area (Å²) < 4.78 is 3.92. The van der Waals surface area contributed by atoms with E-state index in [0.29, 0.717) is 0 Å². The number of hydrogen-bond donors (Lipinski definition) is 1. The standard InChI is InChI=1S/C29H27N7O2/c1-19(28(38)34(2)3)33-27(37)25-8-6-21(16-31-25)22-10-14-36-32-17-26(35(36)18-22)29(11-12-29)23-7-9-24-20(15-23)5-4-13-30-24/h4-10,13-19H,11-12H2,1-3H3/p+1/t19-/m1/s1. The normalized spacial score (nSPS) is 14.8. The molecule has 1 aliphatic carbocycles. The van der Waals surface area contributed by atoms with E-state index >= 15 is 0 Å². The van der Waals surface area contributed by atoms with Gasteiger partial charge in [0.25, 0.3) is 5.91 Å². The zero-order chi connectivity index (χ0) is 26.4. The molecule has 1 aliphatic rings. The van der Waals surface area contributed by atoms with E-state index in [0.717, 1.165) is 40.6 Å². The van der Waals surface area contributed by atoms with Gasteiger partial charge in [-0.2, -0.15) is 0 Å². The Bertz CT molecular complexity index is 1690. The molecule has 1 fully saturated rings. The highest BCUT2D eigenvalue weighted by Gasteiger charge is 2.51. The predicted octanol–water partition coefficient (Wildman–Crippen LogP) is 2.82. The van der Waals surface area contributed by atoms with Crippen LogP contribution in [0.15, 0.2) is 79.5 Å². The van der Waals surface area contributed by atoms with E-state index in [1.165, 1.54) is 10.5 Å². The summed E-state index contributed by atoms with van der Waals surface area (Å²) in [6.07, 6.45) is 11.5. The maximum atomic E-state index is 12.6. The predicted molar refractivity (Wildman–Crippen MR) is 141 cm³/mol. The Labute approximate surface area is 219 Å². The van der Waals surface area contributed by atoms with Gasteiger partial charge in [0, 0.05) is 48.1 Å². The second kappa shape index (κ2) is 9.02. The van der Waals surface area contributed by atoms with E-state index in [1.807, 2.05) is 41.4 Å². The summed E-state index contributed by atoms with van der Waals surface area (Å²) in [4.78, 5) is 34.9. The fourth-order valence-corrected chi connectivity index (χ4v) is 5.02. The number of pyridine rings is 2. The van der Waals surface area contributed by atoms with Crippen molar-refractivity contribution in [2.75, 3.05) is 14.1 Å². The molecule has 0 saturated heterocycles. The number of likely N-dealkylation sites (N-methyl/N-ethyl adjacent to an activating group) is 1. The van der Waals surface area contributed by atoms with Crippen molar-refractivity contribution < 1.29 is 14.1 Å². The molecule has 5 aromatic rings. The molecule has 0 unspecified atom stereocenters. The van der Waals surface area contributed by atoms with Crippen LogP contribution in [0.1, 0.15) is 41.5 Å². The molecule has 1 saturated carbocycles. The Hall–Kier alpha value is -4.66. The molecule has 0 bridgehead atoms. The first-order valence-corrected chi connectivity index (χ1v) is 12.6. The molecular formula is C29H28N7O2+. The van der Waals surface area contributed by atoms with Crippen LogP contribution in [0.4, 0.5) is 0 Å². The molecule has 4 aromatic heterocycles. The average molecular weight is 507 g/mol. The van der Waals surface area contributed by atoms with Crippen LogP contribution in [0.2, 0.25) is 0 Å². The Morgan fingerprint density at radius 3 is 2.63 bits per heavy atom. The highest BCUT2D eigenvalue weighted by molar-refractivity contribution is 5.96. The summed E-state index contributed by atoms with van der Waals surface area (Å²) in [5, 5.41) is 8.44. The molecule has 2 amide bonds. The van der Waals surface area contributed by atoms with Crippen molar-refractivity contribution in [1.29, 1.82) is 0 Å². The van der Waals surface area contributed by atoms with Crippen LogP contribution in [0, 0.1) is 0 Å². The first-order valence-electron chi connectivity index (χ1n) is 12.6. The number of hydrogen-bond acceptors (Lipinski definition) is 5. The number of rotatable bonds is 6. The van der Waals surface area contributed by atoms with Crippen molar-refractivity contribution >= 4 is 22.7 Å². The molecule has 6 rings (SSSR count). The summed E-state index contributed by atoms with van der Waals surface area (Å²) in [6.45, 7) is 1.66. The lowest BCUT2D eigenvalue weighted by Crippen LogP contribution is -2.44. The fraction of sp³-hybridized carbons (Fsp3) is 0.241. The van der Waals surface area contributed by atoms with Crippen molar-refractivity contribution in [1.82, 2.24) is 29.9 Å². The van der Waals surface area contributed by atoms with Crippen LogP contribution in [-0.2, 0) is 10.2 Å². The van der Waals surface area contributed by atoms with Crippen molar-refractivity contribution in [3.8, 4) is 11.1 Å². The monoisotopic (exact) mass is 506 g/mol. The molecule has 9 heteroatoms. The summed E-state index contributed by atoms with van der Waals surface area (Å²) >= 11 is 0. The molecule has 1 atom stereocenters. The number of benzene rings is 1. The number of nitrogens with zero attached hydrogens (tertiary/aromatic N) is 6. The summed E-state index contributed by atoms with van der Waals surface area (Å²) in [5.41, 5.74) is 5.39. The Kier molecular flexibility index (Phi) is 5.63. The molecule has 0 radical (unpaired) electrons.